The Morgan fingerprint density at radius 2 is 2.20 bits per heavy atom. The Hall–Kier alpha value is -1.03. The molecule has 0 fully saturated rings. The Kier molecular flexibility index (Phi) is 5.18. The molecule has 1 aromatic carbocycles. The van der Waals surface area contributed by atoms with E-state index in [4.69, 9.17) is 4.74 Å². The number of thioether (sulfide) groups is 1. The molecule has 2 nitrogen and oxygen atoms in total. The highest BCUT2D eigenvalue weighted by Crippen LogP contribution is 2.16. The summed E-state index contributed by atoms with van der Waals surface area (Å²) in [7, 11) is 0. The number of esters is 1. The molecule has 0 spiro atoms. The van der Waals surface area contributed by atoms with Crippen LogP contribution in [-0.4, -0.2) is 17.5 Å². The van der Waals surface area contributed by atoms with Crippen LogP contribution in [0.2, 0.25) is 0 Å². The number of ether oxygens (including phenoxy) is 1. The highest BCUT2D eigenvalue weighted by atomic mass is 32.2. The van der Waals surface area contributed by atoms with Crippen LogP contribution in [0.15, 0.2) is 24.3 Å². The zero-order valence-electron chi connectivity index (χ0n) is 8.53. The van der Waals surface area contributed by atoms with Crippen molar-refractivity contribution in [3.63, 3.8) is 0 Å². The van der Waals surface area contributed by atoms with Crippen LogP contribution < -0.4 is 4.74 Å². The summed E-state index contributed by atoms with van der Waals surface area (Å²) in [5, 5.41) is 0. The summed E-state index contributed by atoms with van der Waals surface area (Å²) in [4.78, 5) is 11.2. The largest absolute Gasteiger partial charge is 0.423 e. The van der Waals surface area contributed by atoms with Gasteiger partial charge in [0.15, 0.2) is 11.6 Å². The molecule has 1 rings (SSSR count). The van der Waals surface area contributed by atoms with E-state index < -0.39 is 11.8 Å². The van der Waals surface area contributed by atoms with Crippen molar-refractivity contribution in [3.05, 3.63) is 30.1 Å². The van der Waals surface area contributed by atoms with Crippen molar-refractivity contribution < 1.29 is 13.9 Å². The summed E-state index contributed by atoms with van der Waals surface area (Å²) in [5.41, 5.74) is 0. The molecule has 4 heteroatoms. The molecule has 0 aliphatic carbocycles. The van der Waals surface area contributed by atoms with E-state index in [1.807, 2.05) is 6.92 Å². The second-order valence-electron chi connectivity index (χ2n) is 2.96. The fraction of sp³-hybridized carbons (Fsp3) is 0.364. The van der Waals surface area contributed by atoms with E-state index >= 15 is 0 Å². The van der Waals surface area contributed by atoms with Gasteiger partial charge in [0.25, 0.3) is 0 Å². The average molecular weight is 228 g/mol. The molecule has 82 valence electrons. The van der Waals surface area contributed by atoms with Crippen molar-refractivity contribution in [1.82, 2.24) is 0 Å². The Morgan fingerprint density at radius 1 is 1.47 bits per heavy atom. The summed E-state index contributed by atoms with van der Waals surface area (Å²) in [6, 6.07) is 5.89. The van der Waals surface area contributed by atoms with Gasteiger partial charge in [0.05, 0.1) is 5.75 Å². The van der Waals surface area contributed by atoms with Crippen LogP contribution in [0.4, 0.5) is 4.39 Å². The van der Waals surface area contributed by atoms with Gasteiger partial charge in [0, 0.05) is 0 Å². The Labute approximate surface area is 92.8 Å². The molecule has 0 saturated heterocycles. The van der Waals surface area contributed by atoms with Crippen molar-refractivity contribution in [2.45, 2.75) is 13.3 Å². The van der Waals surface area contributed by atoms with E-state index in [2.05, 4.69) is 0 Å². The van der Waals surface area contributed by atoms with E-state index in [0.29, 0.717) is 0 Å². The highest BCUT2D eigenvalue weighted by molar-refractivity contribution is 7.99. The lowest BCUT2D eigenvalue weighted by Crippen LogP contribution is -2.11. The minimum absolute atomic E-state index is 0.000372. The van der Waals surface area contributed by atoms with Gasteiger partial charge < -0.3 is 4.74 Å². The molecule has 0 saturated carbocycles. The van der Waals surface area contributed by atoms with Crippen LogP contribution in [0.3, 0.4) is 0 Å². The monoisotopic (exact) mass is 228 g/mol. The molecule has 0 aromatic heterocycles. The first-order valence-corrected chi connectivity index (χ1v) is 5.92. The van der Waals surface area contributed by atoms with Crippen molar-refractivity contribution in [3.8, 4) is 5.75 Å². The molecule has 0 N–H and O–H groups in total. The Bertz CT molecular complexity index is 328. The van der Waals surface area contributed by atoms with Gasteiger partial charge in [-0.1, -0.05) is 19.1 Å². The highest BCUT2D eigenvalue weighted by Gasteiger charge is 2.07. The number of hydrogen-bond donors (Lipinski definition) is 0. The summed E-state index contributed by atoms with van der Waals surface area (Å²) in [6.45, 7) is 2.04. The fourth-order valence-electron chi connectivity index (χ4n) is 0.979. The molecular formula is C11H13FO2S. The number of benzene rings is 1. The maximum atomic E-state index is 13.1. The Morgan fingerprint density at radius 3 is 2.87 bits per heavy atom. The molecule has 0 atom stereocenters. The predicted octanol–water partition coefficient (Wildman–Crippen LogP) is 2.87. The zero-order valence-corrected chi connectivity index (χ0v) is 9.35. The van der Waals surface area contributed by atoms with Crippen LogP contribution in [0, 0.1) is 5.82 Å². The van der Waals surface area contributed by atoms with Gasteiger partial charge in [0.1, 0.15) is 0 Å². The molecule has 1 aromatic rings. The van der Waals surface area contributed by atoms with Gasteiger partial charge >= 0.3 is 5.97 Å². The SMILES string of the molecule is CCCSCC(=O)Oc1ccccc1F. The van der Waals surface area contributed by atoms with Crippen LogP contribution in [0.1, 0.15) is 13.3 Å². The third-order valence-electron chi connectivity index (χ3n) is 1.63. The van der Waals surface area contributed by atoms with Gasteiger partial charge in [-0.15, -0.1) is 0 Å². The number of halogens is 1. The van der Waals surface area contributed by atoms with Crippen molar-refractivity contribution >= 4 is 17.7 Å². The maximum Gasteiger partial charge on any atom is 0.321 e. The van der Waals surface area contributed by atoms with Crippen LogP contribution in [0.5, 0.6) is 5.75 Å². The number of carbonyl (C=O) groups excluding carboxylic acids is 1. The van der Waals surface area contributed by atoms with E-state index in [0.717, 1.165) is 12.2 Å². The average Bonchev–Trinajstić information content (AvgIpc) is 2.22. The summed E-state index contributed by atoms with van der Waals surface area (Å²) in [5.74, 6) is 0.263. The molecule has 15 heavy (non-hydrogen) atoms. The normalized spacial score (nSPS) is 10.0. The van der Waals surface area contributed by atoms with Gasteiger partial charge in [-0.25, -0.2) is 4.39 Å². The number of rotatable bonds is 5. The summed E-state index contributed by atoms with van der Waals surface area (Å²) < 4.78 is 17.9. The molecule has 0 aliphatic rings. The smallest absolute Gasteiger partial charge is 0.321 e. The van der Waals surface area contributed by atoms with E-state index in [-0.39, 0.29) is 11.5 Å². The number of para-hydroxylation sites is 1. The summed E-state index contributed by atoms with van der Waals surface area (Å²) in [6.07, 6.45) is 1.01. The van der Waals surface area contributed by atoms with E-state index in [1.54, 1.807) is 12.1 Å². The molecule has 0 radical (unpaired) electrons. The molecular weight excluding hydrogens is 215 g/mol. The van der Waals surface area contributed by atoms with Crippen molar-refractivity contribution in [1.29, 1.82) is 0 Å². The number of hydrogen-bond acceptors (Lipinski definition) is 3. The molecule has 0 unspecified atom stereocenters. The van der Waals surface area contributed by atoms with Crippen LogP contribution in [-0.2, 0) is 4.79 Å². The third-order valence-corrected chi connectivity index (χ3v) is 2.77. The van der Waals surface area contributed by atoms with E-state index in [1.165, 1.54) is 23.9 Å². The first kappa shape index (κ1) is 12.0. The first-order valence-electron chi connectivity index (χ1n) is 4.77. The zero-order chi connectivity index (χ0) is 11.1. The fourth-order valence-corrected chi connectivity index (χ4v) is 1.64. The molecule has 0 heterocycles. The van der Waals surface area contributed by atoms with Gasteiger partial charge in [-0.2, -0.15) is 11.8 Å². The second-order valence-corrected chi connectivity index (χ2v) is 4.06. The number of carbonyl (C=O) groups is 1. The quantitative estimate of drug-likeness (QED) is 0.440. The molecule has 0 amide bonds. The lowest BCUT2D eigenvalue weighted by atomic mass is 10.3. The predicted molar refractivity (Wildman–Crippen MR) is 59.7 cm³/mol. The Balaban J connectivity index is 2.41. The van der Waals surface area contributed by atoms with Crippen LogP contribution in [0.25, 0.3) is 0 Å². The topological polar surface area (TPSA) is 26.3 Å². The summed E-state index contributed by atoms with van der Waals surface area (Å²) >= 11 is 1.49. The van der Waals surface area contributed by atoms with Crippen molar-refractivity contribution in [2.75, 3.05) is 11.5 Å². The van der Waals surface area contributed by atoms with Crippen LogP contribution >= 0.6 is 11.8 Å². The molecule has 0 aliphatic heterocycles. The molecule has 0 bridgehead atoms. The van der Waals surface area contributed by atoms with Gasteiger partial charge in [-0.05, 0) is 24.3 Å². The lowest BCUT2D eigenvalue weighted by molar-refractivity contribution is -0.131. The van der Waals surface area contributed by atoms with Crippen molar-refractivity contribution in [2.24, 2.45) is 0 Å². The minimum atomic E-state index is -0.508. The minimum Gasteiger partial charge on any atom is -0.423 e. The first-order chi connectivity index (χ1) is 7.24. The van der Waals surface area contributed by atoms with Gasteiger partial charge in [0.2, 0.25) is 0 Å². The van der Waals surface area contributed by atoms with E-state index in [9.17, 15) is 9.18 Å². The standard InChI is InChI=1S/C11H13FO2S/c1-2-7-15-8-11(13)14-10-6-4-3-5-9(10)12/h3-6H,2,7-8H2,1H3. The third kappa shape index (κ3) is 4.34. The maximum absolute atomic E-state index is 13.1. The lowest BCUT2D eigenvalue weighted by Gasteiger charge is -2.04. The second kappa shape index (κ2) is 6.45. The van der Waals surface area contributed by atoms with Gasteiger partial charge in [-0.3, -0.25) is 4.79 Å².